The topological polar surface area (TPSA) is 29.5 Å². The van der Waals surface area contributed by atoms with Crippen LogP contribution in [0, 0.1) is 5.92 Å². The molecule has 2 heteroatoms. The van der Waals surface area contributed by atoms with Crippen molar-refractivity contribution in [2.75, 3.05) is 0 Å². The summed E-state index contributed by atoms with van der Waals surface area (Å²) in [6.45, 7) is 6.67. The van der Waals surface area contributed by atoms with Crippen LogP contribution in [0.3, 0.4) is 0 Å². The molecule has 0 spiro atoms. The van der Waals surface area contributed by atoms with E-state index in [1.807, 2.05) is 6.07 Å². The maximum Gasteiger partial charge on any atom is 0.125 e. The summed E-state index contributed by atoms with van der Waals surface area (Å²) in [6.07, 6.45) is 6.22. The first-order valence-electron chi connectivity index (χ1n) is 8.59. The van der Waals surface area contributed by atoms with Crippen LogP contribution in [0.25, 0.3) is 0 Å². The van der Waals surface area contributed by atoms with Crippen molar-refractivity contribution in [2.24, 2.45) is 5.92 Å². The molecule has 1 N–H and O–H groups in total. The molecule has 0 saturated heterocycles. The minimum absolute atomic E-state index is 0.0412. The van der Waals surface area contributed by atoms with Crippen molar-refractivity contribution >= 4 is 0 Å². The van der Waals surface area contributed by atoms with Gasteiger partial charge in [-0.15, -0.1) is 0 Å². The van der Waals surface area contributed by atoms with Crippen LogP contribution in [-0.2, 0) is 0 Å². The summed E-state index contributed by atoms with van der Waals surface area (Å²) in [5.74, 6) is 2.17. The zero-order valence-corrected chi connectivity index (χ0v) is 13.7. The molecule has 21 heavy (non-hydrogen) atoms. The van der Waals surface area contributed by atoms with Crippen LogP contribution in [0.5, 0.6) is 5.75 Å². The number of aliphatic hydroxyl groups excluding tert-OH is 1. The van der Waals surface area contributed by atoms with E-state index in [9.17, 15) is 5.11 Å². The standard InChI is InChI=1S/C19H30O2/c1-4-8-15-11-12-17(20)19(13-15)21-18-10-7-6-9-16(18)14(3)5-2/h6-7,9-10,14-15,17,19-20H,4-5,8,11-13H2,1-3H3. The third-order valence-electron chi connectivity index (χ3n) is 4.90. The first kappa shape index (κ1) is 16.4. The molecule has 1 aromatic carbocycles. The van der Waals surface area contributed by atoms with Gasteiger partial charge in [0.1, 0.15) is 11.9 Å². The zero-order chi connectivity index (χ0) is 15.2. The maximum absolute atomic E-state index is 10.3. The van der Waals surface area contributed by atoms with E-state index in [-0.39, 0.29) is 12.2 Å². The van der Waals surface area contributed by atoms with E-state index in [1.165, 1.54) is 18.4 Å². The van der Waals surface area contributed by atoms with Crippen LogP contribution in [-0.4, -0.2) is 17.3 Å². The van der Waals surface area contributed by atoms with Crippen LogP contribution in [0.4, 0.5) is 0 Å². The molecule has 2 rings (SSSR count). The fourth-order valence-electron chi connectivity index (χ4n) is 3.37. The Balaban J connectivity index is 2.09. The minimum atomic E-state index is -0.317. The van der Waals surface area contributed by atoms with Crippen LogP contribution in [0.1, 0.15) is 70.8 Å². The second kappa shape index (κ2) is 7.84. The van der Waals surface area contributed by atoms with Gasteiger partial charge in [0.2, 0.25) is 0 Å². The lowest BCUT2D eigenvalue weighted by molar-refractivity contribution is -0.0122. The molecule has 0 bridgehead atoms. The highest BCUT2D eigenvalue weighted by Crippen LogP contribution is 2.34. The molecule has 1 aliphatic rings. The van der Waals surface area contributed by atoms with Gasteiger partial charge in [-0.3, -0.25) is 0 Å². The summed E-state index contributed by atoms with van der Waals surface area (Å²) in [5, 5.41) is 10.3. The molecule has 0 radical (unpaired) electrons. The van der Waals surface area contributed by atoms with Gasteiger partial charge in [-0.05, 0) is 49.1 Å². The lowest BCUT2D eigenvalue weighted by Crippen LogP contribution is -2.38. The number of aliphatic hydroxyl groups is 1. The van der Waals surface area contributed by atoms with Gasteiger partial charge >= 0.3 is 0 Å². The Hall–Kier alpha value is -1.02. The quantitative estimate of drug-likeness (QED) is 0.806. The van der Waals surface area contributed by atoms with Crippen LogP contribution < -0.4 is 4.74 Å². The molecule has 4 unspecified atom stereocenters. The van der Waals surface area contributed by atoms with Crippen molar-refractivity contribution in [1.29, 1.82) is 0 Å². The van der Waals surface area contributed by atoms with Gasteiger partial charge in [-0.1, -0.05) is 51.8 Å². The lowest BCUT2D eigenvalue weighted by Gasteiger charge is -2.34. The van der Waals surface area contributed by atoms with Crippen molar-refractivity contribution in [3.63, 3.8) is 0 Å². The highest BCUT2D eigenvalue weighted by Gasteiger charge is 2.30. The van der Waals surface area contributed by atoms with Gasteiger partial charge in [-0.25, -0.2) is 0 Å². The number of benzene rings is 1. The van der Waals surface area contributed by atoms with Crippen LogP contribution in [0.15, 0.2) is 24.3 Å². The van der Waals surface area contributed by atoms with Crippen LogP contribution in [0.2, 0.25) is 0 Å². The van der Waals surface area contributed by atoms with Gasteiger partial charge in [0.25, 0.3) is 0 Å². The molecular formula is C19H30O2. The normalized spacial score (nSPS) is 27.3. The monoisotopic (exact) mass is 290 g/mol. The van der Waals surface area contributed by atoms with Crippen LogP contribution >= 0.6 is 0 Å². The van der Waals surface area contributed by atoms with E-state index >= 15 is 0 Å². The predicted molar refractivity (Wildman–Crippen MR) is 87.8 cm³/mol. The molecule has 0 aromatic heterocycles. The van der Waals surface area contributed by atoms with Crippen molar-refractivity contribution in [2.45, 2.75) is 77.4 Å². The van der Waals surface area contributed by atoms with E-state index in [0.29, 0.717) is 11.8 Å². The Kier molecular flexibility index (Phi) is 6.10. The largest absolute Gasteiger partial charge is 0.487 e. The second-order valence-electron chi connectivity index (χ2n) is 6.54. The van der Waals surface area contributed by atoms with Gasteiger partial charge in [-0.2, -0.15) is 0 Å². The average molecular weight is 290 g/mol. The SMILES string of the molecule is CCCC1CCC(O)C(Oc2ccccc2C(C)CC)C1. The van der Waals surface area contributed by atoms with E-state index < -0.39 is 0 Å². The second-order valence-corrected chi connectivity index (χ2v) is 6.54. The third-order valence-corrected chi connectivity index (χ3v) is 4.90. The Bertz CT molecular complexity index is 429. The fourth-order valence-corrected chi connectivity index (χ4v) is 3.37. The summed E-state index contributed by atoms with van der Waals surface area (Å²) >= 11 is 0. The summed E-state index contributed by atoms with van der Waals surface area (Å²) in [4.78, 5) is 0. The Morgan fingerprint density at radius 1 is 1.24 bits per heavy atom. The van der Waals surface area contributed by atoms with Crippen molar-refractivity contribution in [3.8, 4) is 5.75 Å². The molecule has 0 amide bonds. The predicted octanol–water partition coefficient (Wildman–Crippen LogP) is 4.91. The molecular weight excluding hydrogens is 260 g/mol. The number of hydrogen-bond donors (Lipinski definition) is 1. The van der Waals surface area contributed by atoms with E-state index in [2.05, 4.69) is 39.0 Å². The summed E-state index contributed by atoms with van der Waals surface area (Å²) < 4.78 is 6.25. The fraction of sp³-hybridized carbons (Fsp3) is 0.684. The summed E-state index contributed by atoms with van der Waals surface area (Å²) in [7, 11) is 0. The summed E-state index contributed by atoms with van der Waals surface area (Å²) in [5.41, 5.74) is 1.27. The van der Waals surface area contributed by atoms with Gasteiger partial charge in [0.05, 0.1) is 6.10 Å². The Labute approximate surface area is 129 Å². The van der Waals surface area contributed by atoms with Gasteiger partial charge in [0.15, 0.2) is 0 Å². The van der Waals surface area contributed by atoms with Crippen molar-refractivity contribution in [3.05, 3.63) is 29.8 Å². The average Bonchev–Trinajstić information content (AvgIpc) is 2.50. The van der Waals surface area contributed by atoms with E-state index in [0.717, 1.165) is 31.4 Å². The summed E-state index contributed by atoms with van der Waals surface area (Å²) in [6, 6.07) is 8.31. The molecule has 0 heterocycles. The first-order chi connectivity index (χ1) is 10.2. The van der Waals surface area contributed by atoms with Crippen molar-refractivity contribution < 1.29 is 9.84 Å². The highest BCUT2D eigenvalue weighted by molar-refractivity contribution is 5.36. The minimum Gasteiger partial charge on any atom is -0.487 e. The number of hydrogen-bond acceptors (Lipinski definition) is 2. The smallest absolute Gasteiger partial charge is 0.125 e. The maximum atomic E-state index is 10.3. The molecule has 4 atom stereocenters. The zero-order valence-electron chi connectivity index (χ0n) is 13.7. The number of rotatable bonds is 6. The molecule has 0 aliphatic heterocycles. The number of para-hydroxylation sites is 1. The van der Waals surface area contributed by atoms with E-state index in [4.69, 9.17) is 4.74 Å². The molecule has 1 fully saturated rings. The Morgan fingerprint density at radius 2 is 2.00 bits per heavy atom. The van der Waals surface area contributed by atoms with Gasteiger partial charge < -0.3 is 9.84 Å². The molecule has 2 nitrogen and oxygen atoms in total. The third kappa shape index (κ3) is 4.23. The molecule has 1 aromatic rings. The molecule has 1 saturated carbocycles. The lowest BCUT2D eigenvalue weighted by atomic mass is 9.82. The van der Waals surface area contributed by atoms with Crippen molar-refractivity contribution in [1.82, 2.24) is 0 Å². The molecule has 1 aliphatic carbocycles. The van der Waals surface area contributed by atoms with Gasteiger partial charge in [0, 0.05) is 0 Å². The number of ether oxygens (including phenoxy) is 1. The highest BCUT2D eigenvalue weighted by atomic mass is 16.5. The first-order valence-corrected chi connectivity index (χ1v) is 8.59. The molecule has 118 valence electrons. The van der Waals surface area contributed by atoms with E-state index in [1.54, 1.807) is 0 Å². The Morgan fingerprint density at radius 3 is 2.71 bits per heavy atom.